The topological polar surface area (TPSA) is 39.1 Å². The summed E-state index contributed by atoms with van der Waals surface area (Å²) in [6.07, 6.45) is 1.75. The molecule has 1 heterocycles. The van der Waals surface area contributed by atoms with Crippen molar-refractivity contribution in [3.05, 3.63) is 70.6 Å². The maximum Gasteiger partial charge on any atom is 0.262 e. The summed E-state index contributed by atoms with van der Waals surface area (Å²) >= 11 is 5.84. The molecule has 3 aromatic rings. The second kappa shape index (κ2) is 5.97. The Kier molecular flexibility index (Phi) is 4.01. The van der Waals surface area contributed by atoms with Crippen LogP contribution >= 0.6 is 11.6 Å². The van der Waals surface area contributed by atoms with Crippen LogP contribution in [0.5, 0.6) is 0 Å². The standard InChI is InChI=1S/C18H13ClFNO2/c1-11(22)8-13-10-21(17-7-6-15(20)9-16(13)17)18(23)12-2-4-14(19)5-3-12/h2-7,9-10H,8H2,1H3. The molecule has 0 aliphatic rings. The van der Waals surface area contributed by atoms with Crippen molar-refractivity contribution >= 4 is 34.2 Å². The second-order valence-corrected chi connectivity index (χ2v) is 5.81. The minimum absolute atomic E-state index is 0.0488. The predicted octanol–water partition coefficient (Wildman–Crippen LogP) is 4.25. The highest BCUT2D eigenvalue weighted by Crippen LogP contribution is 2.24. The third kappa shape index (κ3) is 3.03. The Labute approximate surface area is 137 Å². The van der Waals surface area contributed by atoms with Crippen LogP contribution in [0.15, 0.2) is 48.7 Å². The Morgan fingerprint density at radius 1 is 1.13 bits per heavy atom. The second-order valence-electron chi connectivity index (χ2n) is 5.38. The van der Waals surface area contributed by atoms with Gasteiger partial charge in [0, 0.05) is 28.6 Å². The Morgan fingerprint density at radius 2 is 1.83 bits per heavy atom. The van der Waals surface area contributed by atoms with Gasteiger partial charge in [-0.1, -0.05) is 11.6 Å². The zero-order valence-electron chi connectivity index (χ0n) is 12.3. The van der Waals surface area contributed by atoms with Crippen molar-refractivity contribution < 1.29 is 14.0 Å². The Hall–Kier alpha value is -2.46. The number of nitrogens with zero attached hydrogens (tertiary/aromatic N) is 1. The van der Waals surface area contributed by atoms with Crippen LogP contribution in [0.25, 0.3) is 10.9 Å². The van der Waals surface area contributed by atoms with E-state index < -0.39 is 5.82 Å². The number of carbonyl (C=O) groups is 2. The van der Waals surface area contributed by atoms with Gasteiger partial charge in [0.2, 0.25) is 0 Å². The number of rotatable bonds is 3. The Balaban J connectivity index is 2.15. The fraction of sp³-hybridized carbons (Fsp3) is 0.111. The number of carbonyl (C=O) groups excluding carboxylic acids is 2. The molecule has 0 amide bonds. The number of ketones is 1. The van der Waals surface area contributed by atoms with E-state index in [1.807, 2.05) is 0 Å². The molecule has 0 aliphatic heterocycles. The molecule has 0 unspecified atom stereocenters. The molecule has 0 spiro atoms. The van der Waals surface area contributed by atoms with E-state index in [2.05, 4.69) is 0 Å². The molecule has 0 saturated heterocycles. The van der Waals surface area contributed by atoms with Crippen molar-refractivity contribution in [3.8, 4) is 0 Å². The fourth-order valence-corrected chi connectivity index (χ4v) is 2.71. The van der Waals surface area contributed by atoms with Gasteiger partial charge >= 0.3 is 0 Å². The first-order valence-electron chi connectivity index (χ1n) is 7.05. The van der Waals surface area contributed by atoms with Crippen LogP contribution in [0.3, 0.4) is 0 Å². The Bertz CT molecular complexity index is 913. The summed E-state index contributed by atoms with van der Waals surface area (Å²) in [5.41, 5.74) is 1.67. The van der Waals surface area contributed by atoms with E-state index in [0.29, 0.717) is 27.1 Å². The van der Waals surface area contributed by atoms with Crippen LogP contribution in [0.4, 0.5) is 4.39 Å². The molecule has 0 saturated carbocycles. The molecule has 0 aliphatic carbocycles. The zero-order chi connectivity index (χ0) is 16.6. The molecular formula is C18H13ClFNO2. The van der Waals surface area contributed by atoms with Crippen LogP contribution in [-0.2, 0) is 11.2 Å². The van der Waals surface area contributed by atoms with E-state index in [4.69, 9.17) is 11.6 Å². The number of halogens is 2. The minimum atomic E-state index is -0.404. The first-order chi connectivity index (χ1) is 11.0. The average molecular weight is 330 g/mol. The van der Waals surface area contributed by atoms with E-state index in [-0.39, 0.29) is 18.1 Å². The van der Waals surface area contributed by atoms with E-state index in [1.165, 1.54) is 23.6 Å². The van der Waals surface area contributed by atoms with Gasteiger partial charge in [-0.3, -0.25) is 14.2 Å². The number of benzene rings is 2. The number of fused-ring (bicyclic) bond motifs is 1. The fourth-order valence-electron chi connectivity index (χ4n) is 2.58. The van der Waals surface area contributed by atoms with Crippen LogP contribution in [0, 0.1) is 5.82 Å². The number of aromatic nitrogens is 1. The smallest absolute Gasteiger partial charge is 0.262 e. The lowest BCUT2D eigenvalue weighted by molar-refractivity contribution is -0.116. The summed E-state index contributed by atoms with van der Waals surface area (Å²) in [5, 5.41) is 1.11. The van der Waals surface area contributed by atoms with E-state index in [0.717, 1.165) is 0 Å². The first kappa shape index (κ1) is 15.4. The van der Waals surface area contributed by atoms with Crippen molar-refractivity contribution in [1.29, 1.82) is 0 Å². The monoisotopic (exact) mass is 329 g/mol. The SMILES string of the molecule is CC(=O)Cc1cn(C(=O)c2ccc(Cl)cc2)c2ccc(F)cc12. The van der Waals surface area contributed by atoms with E-state index in [1.54, 1.807) is 36.5 Å². The summed E-state index contributed by atoms with van der Waals surface area (Å²) in [5.74, 6) is -0.709. The van der Waals surface area contributed by atoms with Gasteiger partial charge in [-0.15, -0.1) is 0 Å². The lowest BCUT2D eigenvalue weighted by Gasteiger charge is -2.04. The minimum Gasteiger partial charge on any atom is -0.300 e. The molecule has 116 valence electrons. The molecule has 0 radical (unpaired) electrons. The summed E-state index contributed by atoms with van der Waals surface area (Å²) in [7, 11) is 0. The molecule has 1 aromatic heterocycles. The summed E-state index contributed by atoms with van der Waals surface area (Å²) in [6, 6.07) is 10.7. The molecule has 0 bridgehead atoms. The van der Waals surface area contributed by atoms with E-state index >= 15 is 0 Å². The van der Waals surface area contributed by atoms with Gasteiger partial charge in [-0.25, -0.2) is 4.39 Å². The summed E-state index contributed by atoms with van der Waals surface area (Å²) < 4.78 is 15.0. The lowest BCUT2D eigenvalue weighted by Crippen LogP contribution is -2.10. The summed E-state index contributed by atoms with van der Waals surface area (Å²) in [4.78, 5) is 24.1. The maximum absolute atomic E-state index is 13.5. The highest BCUT2D eigenvalue weighted by molar-refractivity contribution is 6.30. The molecule has 0 fully saturated rings. The van der Waals surface area contributed by atoms with Crippen LogP contribution < -0.4 is 0 Å². The first-order valence-corrected chi connectivity index (χ1v) is 7.42. The van der Waals surface area contributed by atoms with Crippen LogP contribution in [0.2, 0.25) is 5.02 Å². The molecular weight excluding hydrogens is 317 g/mol. The highest BCUT2D eigenvalue weighted by Gasteiger charge is 2.16. The third-order valence-corrected chi connectivity index (χ3v) is 3.85. The van der Waals surface area contributed by atoms with Crippen LogP contribution in [-0.4, -0.2) is 16.3 Å². The average Bonchev–Trinajstić information content (AvgIpc) is 2.84. The van der Waals surface area contributed by atoms with Crippen LogP contribution in [0.1, 0.15) is 22.8 Å². The number of hydrogen-bond acceptors (Lipinski definition) is 2. The molecule has 3 nitrogen and oxygen atoms in total. The van der Waals surface area contributed by atoms with Gasteiger partial charge in [0.15, 0.2) is 0 Å². The zero-order valence-corrected chi connectivity index (χ0v) is 13.1. The largest absolute Gasteiger partial charge is 0.300 e. The van der Waals surface area contributed by atoms with Crippen molar-refractivity contribution in [1.82, 2.24) is 4.57 Å². The molecule has 2 aromatic carbocycles. The maximum atomic E-state index is 13.5. The quantitative estimate of drug-likeness (QED) is 0.720. The number of Topliss-reactive ketones (excluding diaryl/α,β-unsaturated/α-hetero) is 1. The van der Waals surface area contributed by atoms with Crippen molar-refractivity contribution in [3.63, 3.8) is 0 Å². The van der Waals surface area contributed by atoms with Gasteiger partial charge < -0.3 is 0 Å². The van der Waals surface area contributed by atoms with Crippen molar-refractivity contribution in [2.45, 2.75) is 13.3 Å². The molecule has 5 heteroatoms. The summed E-state index contributed by atoms with van der Waals surface area (Å²) in [6.45, 7) is 1.46. The predicted molar refractivity (Wildman–Crippen MR) is 87.5 cm³/mol. The van der Waals surface area contributed by atoms with Crippen molar-refractivity contribution in [2.75, 3.05) is 0 Å². The van der Waals surface area contributed by atoms with E-state index in [9.17, 15) is 14.0 Å². The molecule has 0 atom stereocenters. The van der Waals surface area contributed by atoms with Crippen molar-refractivity contribution in [2.24, 2.45) is 0 Å². The molecule has 0 N–H and O–H groups in total. The van der Waals surface area contributed by atoms with Gasteiger partial charge in [0.25, 0.3) is 5.91 Å². The van der Waals surface area contributed by atoms with Gasteiger partial charge in [-0.2, -0.15) is 0 Å². The third-order valence-electron chi connectivity index (χ3n) is 3.60. The normalized spacial score (nSPS) is 10.9. The van der Waals surface area contributed by atoms with Gasteiger partial charge in [0.05, 0.1) is 5.52 Å². The molecule has 3 rings (SSSR count). The Morgan fingerprint density at radius 3 is 2.48 bits per heavy atom. The van der Waals surface area contributed by atoms with Gasteiger partial charge in [-0.05, 0) is 55.0 Å². The van der Waals surface area contributed by atoms with Gasteiger partial charge in [0.1, 0.15) is 11.6 Å². The lowest BCUT2D eigenvalue weighted by atomic mass is 10.1. The number of hydrogen-bond donors (Lipinski definition) is 0. The molecule has 23 heavy (non-hydrogen) atoms. The highest BCUT2D eigenvalue weighted by atomic mass is 35.5.